The Balaban J connectivity index is 2.18. The molecule has 1 atom stereocenters. The van der Waals surface area contributed by atoms with Gasteiger partial charge in [0.1, 0.15) is 5.65 Å². The first-order valence-corrected chi connectivity index (χ1v) is 11.6. The third kappa shape index (κ3) is 3.71. The second-order valence-electron chi connectivity index (χ2n) is 8.80. The average molecular weight is 421 g/mol. The number of carboxylic acids is 1. The van der Waals surface area contributed by atoms with Crippen LogP contribution < -0.4 is 5.56 Å². The number of hydrogen-bond acceptors (Lipinski definition) is 2. The Morgan fingerprint density at radius 3 is 2.48 bits per heavy atom. The SMILES string of the molecule is CCCC(C(=O)O)c1c(-c2ccc(C)cc2)c2c3c([nH]c2n(CCC)c1=O)CCCC3. The maximum atomic E-state index is 13.8. The minimum atomic E-state index is -0.917. The lowest BCUT2D eigenvalue weighted by Gasteiger charge is -2.21. The molecule has 0 fully saturated rings. The lowest BCUT2D eigenvalue weighted by molar-refractivity contribution is -0.139. The van der Waals surface area contributed by atoms with E-state index in [4.69, 9.17) is 0 Å². The Hall–Kier alpha value is -2.82. The Kier molecular flexibility index (Phi) is 6.03. The zero-order chi connectivity index (χ0) is 22.1. The number of aryl methyl sites for hydroxylation is 4. The van der Waals surface area contributed by atoms with Crippen molar-refractivity contribution in [2.24, 2.45) is 0 Å². The van der Waals surface area contributed by atoms with Crippen LogP contribution in [0.1, 0.15) is 74.3 Å². The first kappa shape index (κ1) is 21.4. The Morgan fingerprint density at radius 2 is 1.84 bits per heavy atom. The van der Waals surface area contributed by atoms with Crippen LogP contribution in [-0.4, -0.2) is 20.6 Å². The van der Waals surface area contributed by atoms with Crippen LogP contribution >= 0.6 is 0 Å². The average Bonchev–Trinajstić information content (AvgIpc) is 3.14. The number of rotatable bonds is 7. The predicted molar refractivity (Wildman–Crippen MR) is 125 cm³/mol. The smallest absolute Gasteiger partial charge is 0.311 e. The monoisotopic (exact) mass is 420 g/mol. The predicted octanol–water partition coefficient (Wildman–Crippen LogP) is 5.56. The molecule has 5 heteroatoms. The van der Waals surface area contributed by atoms with Crippen molar-refractivity contribution in [3.63, 3.8) is 0 Å². The highest BCUT2D eigenvalue weighted by molar-refractivity contribution is 6.00. The molecule has 164 valence electrons. The van der Waals surface area contributed by atoms with Crippen molar-refractivity contribution >= 4 is 17.0 Å². The molecule has 2 aromatic heterocycles. The summed E-state index contributed by atoms with van der Waals surface area (Å²) >= 11 is 0. The molecule has 1 aliphatic carbocycles. The van der Waals surface area contributed by atoms with Gasteiger partial charge in [0.25, 0.3) is 5.56 Å². The number of nitrogens with one attached hydrogen (secondary N) is 1. The molecule has 31 heavy (non-hydrogen) atoms. The van der Waals surface area contributed by atoms with Gasteiger partial charge in [0.15, 0.2) is 0 Å². The van der Waals surface area contributed by atoms with E-state index in [0.29, 0.717) is 24.9 Å². The van der Waals surface area contributed by atoms with Gasteiger partial charge < -0.3 is 10.1 Å². The number of aliphatic carboxylic acids is 1. The maximum absolute atomic E-state index is 13.8. The quantitative estimate of drug-likeness (QED) is 0.525. The normalized spacial score (nSPS) is 14.5. The molecule has 5 nitrogen and oxygen atoms in total. The van der Waals surface area contributed by atoms with Gasteiger partial charge in [-0.05, 0) is 56.6 Å². The minimum absolute atomic E-state index is 0.163. The number of aromatic nitrogens is 2. The van der Waals surface area contributed by atoms with Crippen LogP contribution in [-0.2, 0) is 24.2 Å². The third-order valence-electron chi connectivity index (χ3n) is 6.55. The Labute approximate surface area is 183 Å². The third-order valence-corrected chi connectivity index (χ3v) is 6.55. The number of carboxylic acid groups (broad SMARTS) is 1. The van der Waals surface area contributed by atoms with Gasteiger partial charge >= 0.3 is 5.97 Å². The summed E-state index contributed by atoms with van der Waals surface area (Å²) < 4.78 is 1.80. The highest BCUT2D eigenvalue weighted by atomic mass is 16.4. The molecular weight excluding hydrogens is 388 g/mol. The summed E-state index contributed by atoms with van der Waals surface area (Å²) in [5.74, 6) is -1.73. The molecule has 2 N–H and O–H groups in total. The molecule has 0 spiro atoms. The largest absolute Gasteiger partial charge is 0.481 e. The second kappa shape index (κ2) is 8.74. The van der Waals surface area contributed by atoms with E-state index in [-0.39, 0.29) is 5.56 Å². The number of benzene rings is 1. The lowest BCUT2D eigenvalue weighted by Crippen LogP contribution is -2.30. The molecule has 0 saturated carbocycles. The van der Waals surface area contributed by atoms with E-state index >= 15 is 0 Å². The Bertz CT molecular complexity index is 1170. The van der Waals surface area contributed by atoms with Gasteiger partial charge in [0.05, 0.1) is 5.92 Å². The fourth-order valence-corrected chi connectivity index (χ4v) is 5.09. The van der Waals surface area contributed by atoms with Crippen LogP contribution in [0.4, 0.5) is 0 Å². The Morgan fingerprint density at radius 1 is 1.13 bits per heavy atom. The summed E-state index contributed by atoms with van der Waals surface area (Å²) in [6, 6.07) is 8.14. The number of aromatic amines is 1. The number of carbonyl (C=O) groups is 1. The van der Waals surface area contributed by atoms with Gasteiger partial charge in [-0.1, -0.05) is 50.1 Å². The molecule has 1 unspecified atom stereocenters. The van der Waals surface area contributed by atoms with Crippen LogP contribution in [0.15, 0.2) is 29.1 Å². The second-order valence-corrected chi connectivity index (χ2v) is 8.80. The van der Waals surface area contributed by atoms with Gasteiger partial charge in [0, 0.05) is 28.8 Å². The topological polar surface area (TPSA) is 75.1 Å². The highest BCUT2D eigenvalue weighted by Crippen LogP contribution is 2.40. The van der Waals surface area contributed by atoms with Crippen molar-refractivity contribution in [2.45, 2.75) is 78.2 Å². The number of fused-ring (bicyclic) bond motifs is 3. The van der Waals surface area contributed by atoms with Crippen LogP contribution in [0.25, 0.3) is 22.2 Å². The van der Waals surface area contributed by atoms with Crippen molar-refractivity contribution in [3.8, 4) is 11.1 Å². The van der Waals surface area contributed by atoms with Gasteiger partial charge in [-0.3, -0.25) is 14.2 Å². The van der Waals surface area contributed by atoms with Crippen molar-refractivity contribution < 1.29 is 9.90 Å². The van der Waals surface area contributed by atoms with E-state index in [1.807, 2.05) is 38.1 Å². The molecule has 1 aliphatic rings. The summed E-state index contributed by atoms with van der Waals surface area (Å²) in [7, 11) is 0. The highest BCUT2D eigenvalue weighted by Gasteiger charge is 2.31. The van der Waals surface area contributed by atoms with Gasteiger partial charge in [-0.2, -0.15) is 0 Å². The molecule has 2 heterocycles. The van der Waals surface area contributed by atoms with E-state index in [0.717, 1.165) is 59.8 Å². The molecule has 0 saturated heterocycles. The molecule has 4 rings (SSSR count). The summed E-state index contributed by atoms with van der Waals surface area (Å²) in [4.78, 5) is 29.8. The van der Waals surface area contributed by atoms with Crippen LogP contribution in [0.5, 0.6) is 0 Å². The number of pyridine rings is 1. The van der Waals surface area contributed by atoms with Crippen molar-refractivity contribution in [1.29, 1.82) is 0 Å². The molecule has 0 radical (unpaired) electrons. The van der Waals surface area contributed by atoms with Crippen LogP contribution in [0.2, 0.25) is 0 Å². The maximum Gasteiger partial charge on any atom is 0.311 e. The number of hydrogen-bond donors (Lipinski definition) is 2. The summed E-state index contributed by atoms with van der Waals surface area (Å²) in [6.45, 7) is 6.64. The van der Waals surface area contributed by atoms with Crippen LogP contribution in [0.3, 0.4) is 0 Å². The van der Waals surface area contributed by atoms with Gasteiger partial charge in [-0.25, -0.2) is 0 Å². The van der Waals surface area contributed by atoms with E-state index in [1.165, 1.54) is 11.3 Å². The fourth-order valence-electron chi connectivity index (χ4n) is 5.09. The van der Waals surface area contributed by atoms with E-state index in [2.05, 4.69) is 11.9 Å². The first-order chi connectivity index (χ1) is 15.0. The zero-order valence-electron chi connectivity index (χ0n) is 18.8. The standard InChI is InChI=1S/C26H32N2O3/c1-4-8-19(26(30)31)23-21(17-13-11-16(3)12-14-17)22-18-9-6-7-10-20(18)27-24(22)28(15-5-2)25(23)29/h11-14,19,27H,4-10,15H2,1-3H3,(H,30,31). The lowest BCUT2D eigenvalue weighted by atomic mass is 9.84. The van der Waals surface area contributed by atoms with Crippen molar-refractivity contribution in [1.82, 2.24) is 9.55 Å². The van der Waals surface area contributed by atoms with Gasteiger partial charge in [0.2, 0.25) is 0 Å². The molecular formula is C26H32N2O3. The summed E-state index contributed by atoms with van der Waals surface area (Å²) in [5.41, 5.74) is 6.52. The van der Waals surface area contributed by atoms with Crippen molar-refractivity contribution in [3.05, 3.63) is 57.0 Å². The molecule has 1 aromatic carbocycles. The molecule has 0 aliphatic heterocycles. The van der Waals surface area contributed by atoms with E-state index < -0.39 is 11.9 Å². The summed E-state index contributed by atoms with van der Waals surface area (Å²) in [5, 5.41) is 11.2. The molecule has 0 amide bonds. The first-order valence-electron chi connectivity index (χ1n) is 11.6. The fraction of sp³-hybridized carbons (Fsp3) is 0.462. The molecule has 0 bridgehead atoms. The number of H-pyrrole nitrogens is 1. The summed E-state index contributed by atoms with van der Waals surface area (Å²) in [6.07, 6.45) is 6.17. The minimum Gasteiger partial charge on any atom is -0.481 e. The number of nitrogens with zero attached hydrogens (tertiary/aromatic N) is 1. The zero-order valence-corrected chi connectivity index (χ0v) is 18.8. The van der Waals surface area contributed by atoms with Crippen LogP contribution in [0, 0.1) is 6.92 Å². The van der Waals surface area contributed by atoms with E-state index in [9.17, 15) is 14.7 Å². The molecule has 3 aromatic rings. The van der Waals surface area contributed by atoms with Crippen molar-refractivity contribution in [2.75, 3.05) is 0 Å². The van der Waals surface area contributed by atoms with Gasteiger partial charge in [-0.15, -0.1) is 0 Å². The van der Waals surface area contributed by atoms with E-state index in [1.54, 1.807) is 4.57 Å².